The first-order chi connectivity index (χ1) is 11.4. The molecule has 0 atom stereocenters. The maximum Gasteiger partial charge on any atom is 0.0401 e. The molecule has 0 fully saturated rings. The molecule has 0 aliphatic rings. The summed E-state index contributed by atoms with van der Waals surface area (Å²) in [5, 5.41) is 0. The number of pyridine rings is 3. The highest BCUT2D eigenvalue weighted by atomic mass is 14.7. The van der Waals surface area contributed by atoms with E-state index in [9.17, 15) is 0 Å². The van der Waals surface area contributed by atoms with Gasteiger partial charge >= 0.3 is 0 Å². The molecule has 0 aliphatic heterocycles. The van der Waals surface area contributed by atoms with Gasteiger partial charge in [0, 0.05) is 36.7 Å². The van der Waals surface area contributed by atoms with E-state index in [4.69, 9.17) is 0 Å². The van der Waals surface area contributed by atoms with E-state index in [1.807, 2.05) is 56.1 Å². The van der Waals surface area contributed by atoms with Gasteiger partial charge in [0.2, 0.25) is 0 Å². The summed E-state index contributed by atoms with van der Waals surface area (Å²) in [7, 11) is 0. The standard InChI is InChI=1S/3C7H9N/c2*1-6-3-4-8-5-7(6)2;1-6-4-3-5-8-7(6)2/h3*3-5H,1-2H3. The van der Waals surface area contributed by atoms with E-state index >= 15 is 0 Å². The Hall–Kier alpha value is -2.55. The van der Waals surface area contributed by atoms with Gasteiger partial charge in [-0.1, -0.05) is 6.07 Å². The van der Waals surface area contributed by atoms with Crippen molar-refractivity contribution in [3.05, 3.63) is 88.8 Å². The quantitative estimate of drug-likeness (QED) is 0.578. The molecule has 0 unspecified atom stereocenters. The Balaban J connectivity index is 0.000000180. The monoisotopic (exact) mass is 321 g/mol. The van der Waals surface area contributed by atoms with Gasteiger partial charge in [-0.15, -0.1) is 0 Å². The highest BCUT2D eigenvalue weighted by Crippen LogP contribution is 2.01. The average molecular weight is 321 g/mol. The molecule has 3 heteroatoms. The van der Waals surface area contributed by atoms with Crippen LogP contribution in [0.5, 0.6) is 0 Å². The lowest BCUT2D eigenvalue weighted by molar-refractivity contribution is 1.15. The topological polar surface area (TPSA) is 38.7 Å². The van der Waals surface area contributed by atoms with Crippen LogP contribution in [0.15, 0.2) is 55.2 Å². The molecule has 0 amide bonds. The Kier molecular flexibility index (Phi) is 8.34. The predicted molar refractivity (Wildman–Crippen MR) is 101 cm³/mol. The van der Waals surface area contributed by atoms with E-state index < -0.39 is 0 Å². The SMILES string of the molecule is Cc1cccnc1C.Cc1ccncc1C.Cc1ccncc1C. The Bertz CT molecular complexity index is 585. The smallest absolute Gasteiger partial charge is 0.0401 e. The molecule has 3 rings (SSSR count). The van der Waals surface area contributed by atoms with E-state index in [0.717, 1.165) is 5.69 Å². The minimum atomic E-state index is 1.12. The lowest BCUT2D eigenvalue weighted by Gasteiger charge is -1.92. The maximum absolute atomic E-state index is 4.08. The van der Waals surface area contributed by atoms with Gasteiger partial charge < -0.3 is 0 Å². The largest absolute Gasteiger partial charge is 0.264 e. The molecule has 126 valence electrons. The van der Waals surface area contributed by atoms with Crippen LogP contribution in [0.4, 0.5) is 0 Å². The molecule has 0 aromatic carbocycles. The van der Waals surface area contributed by atoms with Crippen LogP contribution in [0.3, 0.4) is 0 Å². The Morgan fingerprint density at radius 3 is 1.29 bits per heavy atom. The summed E-state index contributed by atoms with van der Waals surface area (Å²) >= 11 is 0. The van der Waals surface area contributed by atoms with E-state index in [1.54, 1.807) is 0 Å². The Morgan fingerprint density at radius 2 is 1.04 bits per heavy atom. The molecule has 0 bridgehead atoms. The van der Waals surface area contributed by atoms with Gasteiger partial charge in [0.1, 0.15) is 0 Å². The Labute approximate surface area is 145 Å². The second-order valence-electron chi connectivity index (χ2n) is 5.83. The maximum atomic E-state index is 4.08. The molecular weight excluding hydrogens is 294 g/mol. The number of rotatable bonds is 0. The molecule has 3 aromatic heterocycles. The second-order valence-corrected chi connectivity index (χ2v) is 5.83. The molecule has 3 aromatic rings. The van der Waals surface area contributed by atoms with Crippen molar-refractivity contribution in [3.63, 3.8) is 0 Å². The fraction of sp³-hybridized carbons (Fsp3) is 0.286. The van der Waals surface area contributed by atoms with Gasteiger partial charge in [0.25, 0.3) is 0 Å². The molecule has 0 aliphatic carbocycles. The minimum Gasteiger partial charge on any atom is -0.264 e. The number of nitrogens with zero attached hydrogens (tertiary/aromatic N) is 3. The third-order valence-electron chi connectivity index (χ3n) is 3.87. The van der Waals surface area contributed by atoms with Gasteiger partial charge in [0.15, 0.2) is 0 Å². The van der Waals surface area contributed by atoms with Crippen molar-refractivity contribution in [2.45, 2.75) is 41.5 Å². The fourth-order valence-corrected chi connectivity index (χ4v) is 1.65. The van der Waals surface area contributed by atoms with Crippen molar-refractivity contribution in [1.82, 2.24) is 15.0 Å². The third kappa shape index (κ3) is 7.14. The third-order valence-corrected chi connectivity index (χ3v) is 3.87. The molecule has 24 heavy (non-hydrogen) atoms. The summed E-state index contributed by atoms with van der Waals surface area (Å²) in [6, 6.07) is 8.02. The zero-order valence-electron chi connectivity index (χ0n) is 15.5. The summed E-state index contributed by atoms with van der Waals surface area (Å²) in [5.41, 5.74) is 7.50. The average Bonchev–Trinajstić information content (AvgIpc) is 2.57. The molecule has 0 spiro atoms. The molecule has 0 N–H and O–H groups in total. The van der Waals surface area contributed by atoms with Crippen LogP contribution in [0.2, 0.25) is 0 Å². The summed E-state index contributed by atoms with van der Waals surface area (Å²) in [6.45, 7) is 12.3. The number of hydrogen-bond acceptors (Lipinski definition) is 3. The molecule has 3 heterocycles. The lowest BCUT2D eigenvalue weighted by atomic mass is 10.2. The first-order valence-electron chi connectivity index (χ1n) is 8.04. The van der Waals surface area contributed by atoms with Gasteiger partial charge in [-0.25, -0.2) is 0 Å². The zero-order chi connectivity index (χ0) is 17.9. The minimum absolute atomic E-state index is 1.12. The molecule has 3 nitrogen and oxygen atoms in total. The Morgan fingerprint density at radius 1 is 0.542 bits per heavy atom. The van der Waals surface area contributed by atoms with Crippen molar-refractivity contribution < 1.29 is 0 Å². The van der Waals surface area contributed by atoms with E-state index in [-0.39, 0.29) is 0 Å². The molecule has 0 radical (unpaired) electrons. The van der Waals surface area contributed by atoms with Crippen LogP contribution in [-0.2, 0) is 0 Å². The number of aryl methyl sites for hydroxylation is 6. The molecule has 0 saturated heterocycles. The highest BCUT2D eigenvalue weighted by Gasteiger charge is 1.86. The second kappa shape index (κ2) is 10.3. The molecule has 0 saturated carbocycles. The van der Waals surface area contributed by atoms with Crippen LogP contribution >= 0.6 is 0 Å². The van der Waals surface area contributed by atoms with E-state index in [0.29, 0.717) is 0 Å². The van der Waals surface area contributed by atoms with Crippen molar-refractivity contribution >= 4 is 0 Å². The summed E-state index contributed by atoms with van der Waals surface area (Å²) in [5.74, 6) is 0. The lowest BCUT2D eigenvalue weighted by Crippen LogP contribution is -1.81. The zero-order valence-corrected chi connectivity index (χ0v) is 15.5. The van der Waals surface area contributed by atoms with Gasteiger partial charge in [0.05, 0.1) is 0 Å². The van der Waals surface area contributed by atoms with E-state index in [1.165, 1.54) is 27.8 Å². The van der Waals surface area contributed by atoms with Crippen LogP contribution in [0, 0.1) is 41.5 Å². The first kappa shape index (κ1) is 19.5. The van der Waals surface area contributed by atoms with Gasteiger partial charge in [-0.2, -0.15) is 0 Å². The van der Waals surface area contributed by atoms with Crippen molar-refractivity contribution in [2.24, 2.45) is 0 Å². The molecular formula is C21H27N3. The van der Waals surface area contributed by atoms with Crippen LogP contribution in [0.1, 0.15) is 33.5 Å². The van der Waals surface area contributed by atoms with Crippen molar-refractivity contribution in [3.8, 4) is 0 Å². The summed E-state index contributed by atoms with van der Waals surface area (Å²) < 4.78 is 0. The van der Waals surface area contributed by atoms with Crippen LogP contribution < -0.4 is 0 Å². The summed E-state index contributed by atoms with van der Waals surface area (Å²) in [6.07, 6.45) is 9.16. The van der Waals surface area contributed by atoms with Crippen molar-refractivity contribution in [2.75, 3.05) is 0 Å². The van der Waals surface area contributed by atoms with Gasteiger partial charge in [-0.3, -0.25) is 15.0 Å². The number of hydrogen-bond donors (Lipinski definition) is 0. The van der Waals surface area contributed by atoms with E-state index in [2.05, 4.69) is 55.6 Å². The summed E-state index contributed by atoms with van der Waals surface area (Å²) in [4.78, 5) is 12.0. The first-order valence-corrected chi connectivity index (χ1v) is 8.04. The van der Waals surface area contributed by atoms with Crippen molar-refractivity contribution in [1.29, 1.82) is 0 Å². The van der Waals surface area contributed by atoms with Crippen LogP contribution in [0.25, 0.3) is 0 Å². The van der Waals surface area contributed by atoms with Gasteiger partial charge in [-0.05, 0) is 87.6 Å². The highest BCUT2D eigenvalue weighted by molar-refractivity contribution is 5.19. The fourth-order valence-electron chi connectivity index (χ4n) is 1.65. The van der Waals surface area contributed by atoms with Crippen LogP contribution in [-0.4, -0.2) is 15.0 Å². The predicted octanol–water partition coefficient (Wildman–Crippen LogP) is 5.10. The normalized spacial score (nSPS) is 9.25. The number of aromatic nitrogens is 3.